The standard InChI is InChI=1S/C17H22N2O3S2/c1-2-3-9-22-13(20)8-10-23-17-18-15(21)14-11-6-4-5-7-12(11)24-16(14)19-17/h2-10H2,1H3,(H,18,19,21). The number of thioether (sulfide) groups is 1. The molecule has 0 unspecified atom stereocenters. The van der Waals surface area contributed by atoms with Gasteiger partial charge in [-0.3, -0.25) is 9.59 Å². The Morgan fingerprint density at radius 3 is 3.04 bits per heavy atom. The molecular weight excluding hydrogens is 344 g/mol. The van der Waals surface area contributed by atoms with E-state index < -0.39 is 0 Å². The highest BCUT2D eigenvalue weighted by Gasteiger charge is 2.19. The van der Waals surface area contributed by atoms with E-state index in [4.69, 9.17) is 4.74 Å². The third kappa shape index (κ3) is 4.00. The van der Waals surface area contributed by atoms with Crippen molar-refractivity contribution < 1.29 is 9.53 Å². The second-order valence-electron chi connectivity index (χ2n) is 5.93. The first-order valence-corrected chi connectivity index (χ1v) is 10.3. The van der Waals surface area contributed by atoms with Crippen LogP contribution in [0.4, 0.5) is 0 Å². The molecule has 0 aromatic carbocycles. The molecule has 2 heterocycles. The monoisotopic (exact) mass is 366 g/mol. The van der Waals surface area contributed by atoms with Gasteiger partial charge in [0, 0.05) is 10.6 Å². The first-order valence-electron chi connectivity index (χ1n) is 8.52. The van der Waals surface area contributed by atoms with Crippen molar-refractivity contribution in [2.75, 3.05) is 12.4 Å². The maximum atomic E-state index is 12.4. The van der Waals surface area contributed by atoms with Crippen LogP contribution in [-0.2, 0) is 22.4 Å². The number of rotatable bonds is 7. The first-order chi connectivity index (χ1) is 11.7. The lowest BCUT2D eigenvalue weighted by Crippen LogP contribution is -2.11. The van der Waals surface area contributed by atoms with Gasteiger partial charge in [-0.25, -0.2) is 4.98 Å². The molecule has 1 aliphatic carbocycles. The van der Waals surface area contributed by atoms with Gasteiger partial charge in [-0.2, -0.15) is 0 Å². The summed E-state index contributed by atoms with van der Waals surface area (Å²) < 4.78 is 5.13. The molecule has 0 spiro atoms. The van der Waals surface area contributed by atoms with Crippen LogP contribution in [-0.4, -0.2) is 28.3 Å². The number of ether oxygens (including phenoxy) is 1. The van der Waals surface area contributed by atoms with Crippen molar-refractivity contribution in [3.63, 3.8) is 0 Å². The molecule has 0 radical (unpaired) electrons. The summed E-state index contributed by atoms with van der Waals surface area (Å²) in [6.07, 6.45) is 6.62. The number of hydrogen-bond acceptors (Lipinski definition) is 6. The summed E-state index contributed by atoms with van der Waals surface area (Å²) in [4.78, 5) is 33.6. The van der Waals surface area contributed by atoms with Crippen molar-refractivity contribution >= 4 is 39.3 Å². The predicted octanol–water partition coefficient (Wildman–Crippen LogP) is 3.69. The molecule has 0 saturated heterocycles. The average Bonchev–Trinajstić information content (AvgIpc) is 2.94. The van der Waals surface area contributed by atoms with Crippen molar-refractivity contribution in [3.8, 4) is 0 Å². The van der Waals surface area contributed by atoms with Crippen LogP contribution in [0.5, 0.6) is 0 Å². The third-order valence-electron chi connectivity index (χ3n) is 4.11. The number of fused-ring (bicyclic) bond motifs is 3. The fraction of sp³-hybridized carbons (Fsp3) is 0.588. The molecule has 1 aliphatic rings. The number of aromatic nitrogens is 2. The number of nitrogens with zero attached hydrogens (tertiary/aromatic N) is 1. The van der Waals surface area contributed by atoms with Crippen LogP contribution in [0.15, 0.2) is 9.95 Å². The summed E-state index contributed by atoms with van der Waals surface area (Å²) in [5, 5.41) is 1.37. The number of carbonyl (C=O) groups is 1. The van der Waals surface area contributed by atoms with E-state index in [-0.39, 0.29) is 11.5 Å². The third-order valence-corrected chi connectivity index (χ3v) is 6.17. The van der Waals surface area contributed by atoms with Gasteiger partial charge in [0.25, 0.3) is 5.56 Å². The van der Waals surface area contributed by atoms with Crippen LogP contribution in [0.3, 0.4) is 0 Å². The molecule has 2 aromatic heterocycles. The second-order valence-corrected chi connectivity index (χ2v) is 8.10. The summed E-state index contributed by atoms with van der Waals surface area (Å²) in [7, 11) is 0. The van der Waals surface area contributed by atoms with Crippen molar-refractivity contribution in [2.24, 2.45) is 0 Å². The summed E-state index contributed by atoms with van der Waals surface area (Å²) in [6.45, 7) is 2.55. The molecule has 0 saturated carbocycles. The topological polar surface area (TPSA) is 72.0 Å². The molecule has 2 aromatic rings. The minimum absolute atomic E-state index is 0.0487. The summed E-state index contributed by atoms with van der Waals surface area (Å²) in [5.74, 6) is 0.371. The Morgan fingerprint density at radius 1 is 1.38 bits per heavy atom. The van der Waals surface area contributed by atoms with Gasteiger partial charge in [0.1, 0.15) is 4.83 Å². The molecule has 3 rings (SSSR count). The largest absolute Gasteiger partial charge is 0.466 e. The van der Waals surface area contributed by atoms with Gasteiger partial charge in [0.2, 0.25) is 0 Å². The normalized spacial score (nSPS) is 13.9. The molecule has 24 heavy (non-hydrogen) atoms. The maximum absolute atomic E-state index is 12.4. The van der Waals surface area contributed by atoms with Crippen molar-refractivity contribution in [3.05, 3.63) is 20.8 Å². The minimum Gasteiger partial charge on any atom is -0.466 e. The molecular formula is C17H22N2O3S2. The molecule has 0 amide bonds. The zero-order valence-corrected chi connectivity index (χ0v) is 15.5. The van der Waals surface area contributed by atoms with E-state index >= 15 is 0 Å². The predicted molar refractivity (Wildman–Crippen MR) is 98.1 cm³/mol. The number of unbranched alkanes of at least 4 members (excludes halogenated alkanes) is 1. The van der Waals surface area contributed by atoms with Crippen molar-refractivity contribution in [1.29, 1.82) is 0 Å². The van der Waals surface area contributed by atoms with E-state index in [1.54, 1.807) is 11.3 Å². The van der Waals surface area contributed by atoms with Crippen molar-refractivity contribution in [2.45, 2.75) is 57.0 Å². The van der Waals surface area contributed by atoms with E-state index in [1.807, 2.05) is 0 Å². The van der Waals surface area contributed by atoms with Gasteiger partial charge in [-0.05, 0) is 37.7 Å². The van der Waals surface area contributed by atoms with Crippen LogP contribution in [0.2, 0.25) is 0 Å². The van der Waals surface area contributed by atoms with Crippen LogP contribution in [0.1, 0.15) is 49.5 Å². The summed E-state index contributed by atoms with van der Waals surface area (Å²) >= 11 is 3.05. The zero-order chi connectivity index (χ0) is 16.9. The Bertz CT molecular complexity index is 782. The van der Waals surface area contributed by atoms with Gasteiger partial charge in [-0.15, -0.1) is 11.3 Å². The molecule has 130 valence electrons. The van der Waals surface area contributed by atoms with E-state index in [0.29, 0.717) is 23.9 Å². The fourth-order valence-corrected chi connectivity index (χ4v) is 4.95. The number of aryl methyl sites for hydroxylation is 2. The zero-order valence-electron chi connectivity index (χ0n) is 13.9. The second kappa shape index (κ2) is 8.16. The molecule has 0 bridgehead atoms. The number of esters is 1. The molecule has 0 aliphatic heterocycles. The highest BCUT2D eigenvalue weighted by Crippen LogP contribution is 2.34. The van der Waals surface area contributed by atoms with E-state index in [0.717, 1.165) is 42.3 Å². The smallest absolute Gasteiger partial charge is 0.306 e. The Hall–Kier alpha value is -1.34. The van der Waals surface area contributed by atoms with Gasteiger partial charge in [0.05, 0.1) is 18.4 Å². The van der Waals surface area contributed by atoms with Crippen LogP contribution < -0.4 is 5.56 Å². The number of hydrogen-bond donors (Lipinski definition) is 1. The molecule has 7 heteroatoms. The van der Waals surface area contributed by atoms with E-state index in [1.165, 1.54) is 28.6 Å². The first kappa shape index (κ1) is 17.5. The van der Waals surface area contributed by atoms with Crippen molar-refractivity contribution in [1.82, 2.24) is 9.97 Å². The minimum atomic E-state index is -0.189. The number of aromatic amines is 1. The fourth-order valence-electron chi connectivity index (χ4n) is 2.85. The van der Waals surface area contributed by atoms with Crippen LogP contribution in [0.25, 0.3) is 10.2 Å². The Morgan fingerprint density at radius 2 is 2.21 bits per heavy atom. The van der Waals surface area contributed by atoms with Gasteiger partial charge in [-0.1, -0.05) is 25.1 Å². The quantitative estimate of drug-likeness (QED) is 0.350. The van der Waals surface area contributed by atoms with Crippen LogP contribution >= 0.6 is 23.1 Å². The number of H-pyrrole nitrogens is 1. The van der Waals surface area contributed by atoms with Gasteiger partial charge >= 0.3 is 5.97 Å². The SMILES string of the molecule is CCCCOC(=O)CCSc1nc2sc3c(c2c(=O)[nH]1)CCCC3. The highest BCUT2D eigenvalue weighted by atomic mass is 32.2. The van der Waals surface area contributed by atoms with E-state index in [2.05, 4.69) is 16.9 Å². The molecule has 0 atom stereocenters. The number of carbonyl (C=O) groups excluding carboxylic acids is 1. The Balaban J connectivity index is 1.64. The lowest BCUT2D eigenvalue weighted by molar-refractivity contribution is -0.143. The highest BCUT2D eigenvalue weighted by molar-refractivity contribution is 7.99. The maximum Gasteiger partial charge on any atom is 0.306 e. The summed E-state index contributed by atoms with van der Waals surface area (Å²) in [5.41, 5.74) is 1.15. The van der Waals surface area contributed by atoms with E-state index in [9.17, 15) is 9.59 Å². The lowest BCUT2D eigenvalue weighted by Gasteiger charge is -2.09. The lowest BCUT2D eigenvalue weighted by atomic mass is 9.97. The molecule has 0 fully saturated rings. The molecule has 1 N–H and O–H groups in total. The molecule has 5 nitrogen and oxygen atoms in total. The van der Waals surface area contributed by atoms with Gasteiger partial charge in [0.15, 0.2) is 5.16 Å². The Kier molecular flexibility index (Phi) is 5.94. The average molecular weight is 367 g/mol. The Labute approximate surface area is 149 Å². The van der Waals surface area contributed by atoms with Gasteiger partial charge < -0.3 is 9.72 Å². The van der Waals surface area contributed by atoms with Crippen LogP contribution in [0, 0.1) is 0 Å². The summed E-state index contributed by atoms with van der Waals surface area (Å²) in [6, 6.07) is 0. The number of nitrogens with one attached hydrogen (secondary N) is 1. The number of thiophene rings is 1.